The number of rotatable bonds is 4. The quantitative estimate of drug-likeness (QED) is 0.684. The van der Waals surface area contributed by atoms with Gasteiger partial charge >= 0.3 is 0 Å². The van der Waals surface area contributed by atoms with Crippen molar-refractivity contribution in [1.29, 1.82) is 0 Å². The molecule has 4 nitrogen and oxygen atoms in total. The van der Waals surface area contributed by atoms with E-state index < -0.39 is 0 Å². The fourth-order valence-corrected chi connectivity index (χ4v) is 4.04. The van der Waals surface area contributed by atoms with E-state index in [1.165, 1.54) is 31.0 Å². The predicted molar refractivity (Wildman–Crippen MR) is 94.4 cm³/mol. The minimum atomic E-state index is -0.164. The maximum atomic E-state index is 12.5. The fraction of sp³-hybridized carbons (Fsp3) is 0.500. The van der Waals surface area contributed by atoms with Crippen LogP contribution in [0.1, 0.15) is 39.5 Å². The van der Waals surface area contributed by atoms with Crippen molar-refractivity contribution >= 4 is 28.6 Å². The molecular formula is C18H23N3OS. The molecular weight excluding hydrogens is 306 g/mol. The van der Waals surface area contributed by atoms with Crippen molar-refractivity contribution < 1.29 is 4.79 Å². The Hall–Kier alpha value is -1.62. The maximum absolute atomic E-state index is 12.5. The largest absolute Gasteiger partial charge is 0.352 e. The lowest BCUT2D eigenvalue weighted by Crippen LogP contribution is -2.44. The normalized spacial score (nSPS) is 22.7. The van der Waals surface area contributed by atoms with Crippen LogP contribution in [0.2, 0.25) is 0 Å². The summed E-state index contributed by atoms with van der Waals surface area (Å²) in [5.41, 5.74) is 0.915. The molecule has 1 saturated carbocycles. The van der Waals surface area contributed by atoms with E-state index in [1.807, 2.05) is 31.2 Å². The predicted octanol–water partition coefficient (Wildman–Crippen LogP) is 3.81. The number of nitrogens with zero attached hydrogens (tertiary/aromatic N) is 2. The highest BCUT2D eigenvalue weighted by Crippen LogP contribution is 2.29. The summed E-state index contributed by atoms with van der Waals surface area (Å²) in [6.07, 6.45) is 6.38. The Labute approximate surface area is 141 Å². The van der Waals surface area contributed by atoms with Crippen LogP contribution < -0.4 is 5.32 Å². The number of hydrogen-bond donors (Lipinski definition) is 1. The van der Waals surface area contributed by atoms with Crippen molar-refractivity contribution in [2.45, 2.75) is 55.8 Å². The summed E-state index contributed by atoms with van der Waals surface area (Å²) in [5.74, 6) is 0.682. The fourth-order valence-electron chi connectivity index (χ4n) is 3.13. The van der Waals surface area contributed by atoms with Gasteiger partial charge in [-0.25, -0.2) is 9.97 Å². The Morgan fingerprint density at radius 1 is 1.26 bits per heavy atom. The van der Waals surface area contributed by atoms with Gasteiger partial charge in [0.25, 0.3) is 0 Å². The van der Waals surface area contributed by atoms with E-state index in [0.717, 1.165) is 22.3 Å². The molecule has 1 N–H and O–H groups in total. The zero-order valence-electron chi connectivity index (χ0n) is 13.7. The Morgan fingerprint density at radius 2 is 2.04 bits per heavy atom. The highest BCUT2D eigenvalue weighted by atomic mass is 32.2. The first-order valence-electron chi connectivity index (χ1n) is 8.32. The molecule has 0 aliphatic heterocycles. The van der Waals surface area contributed by atoms with Gasteiger partial charge in [0.2, 0.25) is 5.91 Å². The number of para-hydroxylation sites is 1. The molecule has 0 spiro atoms. The second kappa shape index (κ2) is 7.30. The van der Waals surface area contributed by atoms with Crippen molar-refractivity contribution in [2.75, 3.05) is 0 Å². The molecule has 23 heavy (non-hydrogen) atoms. The van der Waals surface area contributed by atoms with Gasteiger partial charge in [0.1, 0.15) is 11.4 Å². The number of carbonyl (C=O) groups excluding carboxylic acids is 1. The molecule has 1 aromatic carbocycles. The molecule has 0 radical (unpaired) electrons. The first kappa shape index (κ1) is 16.2. The molecule has 3 rings (SSSR count). The number of fused-ring (bicyclic) bond motifs is 1. The van der Waals surface area contributed by atoms with E-state index >= 15 is 0 Å². The summed E-state index contributed by atoms with van der Waals surface area (Å²) in [6, 6.07) is 8.23. The number of carbonyl (C=O) groups is 1. The van der Waals surface area contributed by atoms with Gasteiger partial charge in [0.15, 0.2) is 0 Å². The third-order valence-corrected chi connectivity index (χ3v) is 5.72. The number of thioether (sulfide) groups is 1. The Kier molecular flexibility index (Phi) is 5.16. The second-order valence-electron chi connectivity index (χ2n) is 6.33. The van der Waals surface area contributed by atoms with Crippen LogP contribution in [0.3, 0.4) is 0 Å². The molecule has 3 atom stereocenters. The second-order valence-corrected chi connectivity index (χ2v) is 7.66. The third kappa shape index (κ3) is 3.83. The van der Waals surface area contributed by atoms with Gasteiger partial charge in [-0.3, -0.25) is 4.79 Å². The zero-order valence-corrected chi connectivity index (χ0v) is 14.5. The van der Waals surface area contributed by atoms with E-state index in [2.05, 4.69) is 22.2 Å². The average molecular weight is 329 g/mol. The summed E-state index contributed by atoms with van der Waals surface area (Å²) in [7, 11) is 0. The SMILES string of the molecule is CC(Sc1ncnc2ccccc12)C(=O)NC1CCCCC1C. The molecule has 3 unspecified atom stereocenters. The number of amides is 1. The van der Waals surface area contributed by atoms with Crippen LogP contribution in [-0.2, 0) is 4.79 Å². The lowest BCUT2D eigenvalue weighted by Gasteiger charge is -2.30. The first-order chi connectivity index (χ1) is 11.1. The Balaban J connectivity index is 1.68. The average Bonchev–Trinajstić information content (AvgIpc) is 2.57. The molecule has 1 aliphatic rings. The minimum Gasteiger partial charge on any atom is -0.352 e. The zero-order chi connectivity index (χ0) is 16.2. The summed E-state index contributed by atoms with van der Waals surface area (Å²) >= 11 is 1.51. The number of nitrogens with one attached hydrogen (secondary N) is 1. The molecule has 1 fully saturated rings. The molecule has 1 aliphatic carbocycles. The van der Waals surface area contributed by atoms with Crippen LogP contribution in [-0.4, -0.2) is 27.2 Å². The number of hydrogen-bond acceptors (Lipinski definition) is 4. The standard InChI is InChI=1S/C18H23N3OS/c1-12-7-3-5-9-15(12)21-17(22)13(2)23-18-14-8-4-6-10-16(14)19-11-20-18/h4,6,8,10-13,15H,3,5,7,9H2,1-2H3,(H,21,22). The van der Waals surface area contributed by atoms with Crippen molar-refractivity contribution in [3.8, 4) is 0 Å². The van der Waals surface area contributed by atoms with Crippen molar-refractivity contribution in [2.24, 2.45) is 5.92 Å². The van der Waals surface area contributed by atoms with E-state index in [-0.39, 0.29) is 11.2 Å². The van der Waals surface area contributed by atoms with Gasteiger partial charge < -0.3 is 5.32 Å². The third-order valence-electron chi connectivity index (χ3n) is 4.60. The number of benzene rings is 1. The Bertz CT molecular complexity index is 686. The van der Waals surface area contributed by atoms with Gasteiger partial charge in [-0.05, 0) is 31.7 Å². The van der Waals surface area contributed by atoms with Gasteiger partial charge in [0.05, 0.1) is 10.8 Å². The van der Waals surface area contributed by atoms with Gasteiger partial charge in [-0.2, -0.15) is 0 Å². The van der Waals surface area contributed by atoms with E-state index in [9.17, 15) is 4.79 Å². The topological polar surface area (TPSA) is 54.9 Å². The highest BCUT2D eigenvalue weighted by molar-refractivity contribution is 8.00. The summed E-state index contributed by atoms with van der Waals surface area (Å²) in [6.45, 7) is 4.18. The van der Waals surface area contributed by atoms with Crippen LogP contribution in [0.5, 0.6) is 0 Å². The van der Waals surface area contributed by atoms with Crippen LogP contribution in [0, 0.1) is 5.92 Å². The highest BCUT2D eigenvalue weighted by Gasteiger charge is 2.25. The molecule has 1 aromatic heterocycles. The van der Waals surface area contributed by atoms with Gasteiger partial charge in [-0.15, -0.1) is 0 Å². The lowest BCUT2D eigenvalue weighted by molar-refractivity contribution is -0.121. The summed E-state index contributed by atoms with van der Waals surface area (Å²) in [4.78, 5) is 21.2. The molecule has 5 heteroatoms. The molecule has 0 saturated heterocycles. The van der Waals surface area contributed by atoms with Gasteiger partial charge in [0, 0.05) is 11.4 Å². The summed E-state index contributed by atoms with van der Waals surface area (Å²) < 4.78 is 0. The van der Waals surface area contributed by atoms with Crippen LogP contribution in [0.15, 0.2) is 35.6 Å². The molecule has 1 amide bonds. The minimum absolute atomic E-state index is 0.108. The number of aromatic nitrogens is 2. The maximum Gasteiger partial charge on any atom is 0.233 e. The van der Waals surface area contributed by atoms with Crippen LogP contribution in [0.25, 0.3) is 10.9 Å². The van der Waals surface area contributed by atoms with Gasteiger partial charge in [-0.1, -0.05) is 49.7 Å². The van der Waals surface area contributed by atoms with Crippen LogP contribution >= 0.6 is 11.8 Å². The smallest absolute Gasteiger partial charge is 0.233 e. The van der Waals surface area contributed by atoms with Crippen molar-refractivity contribution in [1.82, 2.24) is 15.3 Å². The summed E-state index contributed by atoms with van der Waals surface area (Å²) in [5, 5.41) is 4.94. The molecule has 122 valence electrons. The van der Waals surface area contributed by atoms with E-state index in [1.54, 1.807) is 6.33 Å². The molecule has 2 aromatic rings. The molecule has 0 bridgehead atoms. The lowest BCUT2D eigenvalue weighted by atomic mass is 9.86. The van der Waals surface area contributed by atoms with E-state index in [4.69, 9.17) is 0 Å². The monoisotopic (exact) mass is 329 g/mol. The Morgan fingerprint density at radius 3 is 2.87 bits per heavy atom. The molecule has 1 heterocycles. The van der Waals surface area contributed by atoms with Crippen molar-refractivity contribution in [3.05, 3.63) is 30.6 Å². The van der Waals surface area contributed by atoms with Crippen LogP contribution in [0.4, 0.5) is 0 Å². The van der Waals surface area contributed by atoms with Crippen molar-refractivity contribution in [3.63, 3.8) is 0 Å². The van der Waals surface area contributed by atoms with E-state index in [0.29, 0.717) is 12.0 Å². The first-order valence-corrected chi connectivity index (χ1v) is 9.20.